The van der Waals surface area contributed by atoms with Crippen LogP contribution in [0.1, 0.15) is 5.56 Å². The zero-order chi connectivity index (χ0) is 7.56. The monoisotopic (exact) mass is 271 g/mol. The third kappa shape index (κ3) is 1.58. The second kappa shape index (κ2) is 3.48. The molecule has 0 saturated carbocycles. The van der Waals surface area contributed by atoms with Gasteiger partial charge in [0.15, 0.2) is 0 Å². The van der Waals surface area contributed by atoms with Crippen LogP contribution in [0.4, 0.5) is 4.39 Å². The maximum absolute atomic E-state index is 12.9. The maximum Gasteiger partial charge on any atom is 0.144 e. The molecule has 0 aliphatic heterocycles. The summed E-state index contributed by atoms with van der Waals surface area (Å²) in [6.45, 7) is 0. The zero-order valence-corrected chi connectivity index (χ0v) is 7.86. The molecule has 0 N–H and O–H groups in total. The molecule has 1 aromatic heterocycles. The van der Waals surface area contributed by atoms with E-state index in [1.54, 1.807) is 0 Å². The number of hydrogen-bond donors (Lipinski definition) is 0. The van der Waals surface area contributed by atoms with Gasteiger partial charge < -0.3 is 0 Å². The topological polar surface area (TPSA) is 12.9 Å². The van der Waals surface area contributed by atoms with E-state index in [2.05, 4.69) is 4.98 Å². The highest BCUT2D eigenvalue weighted by molar-refractivity contribution is 14.1. The normalized spacial score (nSPS) is 9.90. The van der Waals surface area contributed by atoms with Crippen molar-refractivity contribution in [3.63, 3.8) is 0 Å². The first-order valence-electron chi connectivity index (χ1n) is 2.59. The van der Waals surface area contributed by atoms with Crippen LogP contribution in [0.5, 0.6) is 0 Å². The second-order valence-corrected chi connectivity index (χ2v) is 3.16. The summed E-state index contributed by atoms with van der Waals surface area (Å²) in [7, 11) is 0. The van der Waals surface area contributed by atoms with Crippen LogP contribution in [-0.2, 0) is 5.88 Å². The van der Waals surface area contributed by atoms with Crippen LogP contribution in [0, 0.1) is 9.39 Å². The minimum absolute atomic E-state index is 0.176. The van der Waals surface area contributed by atoms with Crippen molar-refractivity contribution in [3.05, 3.63) is 27.3 Å². The fourth-order valence-electron chi connectivity index (χ4n) is 0.553. The predicted octanol–water partition coefficient (Wildman–Crippen LogP) is 2.56. The van der Waals surface area contributed by atoms with Crippen molar-refractivity contribution >= 4 is 34.2 Å². The molecule has 0 aliphatic carbocycles. The van der Waals surface area contributed by atoms with E-state index < -0.39 is 0 Å². The van der Waals surface area contributed by atoms with Crippen molar-refractivity contribution in [2.45, 2.75) is 5.88 Å². The van der Waals surface area contributed by atoms with Gasteiger partial charge in [0.2, 0.25) is 0 Å². The molecule has 0 saturated heterocycles. The molecule has 0 fully saturated rings. The van der Waals surface area contributed by atoms with Gasteiger partial charge in [0.05, 0.1) is 9.45 Å². The van der Waals surface area contributed by atoms with Crippen molar-refractivity contribution in [2.75, 3.05) is 0 Å². The predicted molar refractivity (Wildman–Crippen MR) is 46.5 cm³/mol. The van der Waals surface area contributed by atoms with Crippen LogP contribution in [0.25, 0.3) is 0 Å². The highest BCUT2D eigenvalue weighted by Crippen LogP contribution is 2.14. The van der Waals surface area contributed by atoms with E-state index in [9.17, 15) is 4.39 Å². The first-order chi connectivity index (χ1) is 4.75. The van der Waals surface area contributed by atoms with E-state index in [1.165, 1.54) is 12.4 Å². The maximum atomic E-state index is 12.9. The fourth-order valence-corrected chi connectivity index (χ4v) is 1.25. The third-order valence-electron chi connectivity index (χ3n) is 1.05. The smallest absolute Gasteiger partial charge is 0.144 e. The molecule has 0 aliphatic rings. The highest BCUT2D eigenvalue weighted by atomic mass is 127. The number of hydrogen-bond acceptors (Lipinski definition) is 1. The Kier molecular flexibility index (Phi) is 2.85. The largest absolute Gasteiger partial charge is 0.263 e. The van der Waals surface area contributed by atoms with Crippen molar-refractivity contribution in [1.82, 2.24) is 4.98 Å². The van der Waals surface area contributed by atoms with Crippen molar-refractivity contribution in [3.8, 4) is 0 Å². The molecule has 1 aromatic rings. The van der Waals surface area contributed by atoms with Gasteiger partial charge in [0.1, 0.15) is 5.82 Å². The molecule has 54 valence electrons. The number of alkyl halides is 1. The summed E-state index contributed by atoms with van der Waals surface area (Å²) in [5, 5.41) is 0. The van der Waals surface area contributed by atoms with Crippen LogP contribution in [0.3, 0.4) is 0 Å². The number of aromatic nitrogens is 1. The van der Waals surface area contributed by atoms with Crippen LogP contribution in [-0.4, -0.2) is 4.98 Å². The van der Waals surface area contributed by atoms with Gasteiger partial charge in [-0.1, -0.05) is 0 Å². The molecule has 4 heteroatoms. The molecule has 0 radical (unpaired) electrons. The van der Waals surface area contributed by atoms with Crippen molar-refractivity contribution < 1.29 is 4.39 Å². The van der Waals surface area contributed by atoms with E-state index in [0.717, 1.165) is 0 Å². The Balaban J connectivity index is 3.14. The Morgan fingerprint density at radius 1 is 1.60 bits per heavy atom. The Hall–Kier alpha value is 0.1000. The van der Waals surface area contributed by atoms with Crippen molar-refractivity contribution in [2.24, 2.45) is 0 Å². The molecule has 1 nitrogen and oxygen atoms in total. The summed E-state index contributed by atoms with van der Waals surface area (Å²) in [5.41, 5.74) is 0.452. The van der Waals surface area contributed by atoms with Gasteiger partial charge in [-0.3, -0.25) is 4.98 Å². The summed E-state index contributed by atoms with van der Waals surface area (Å²) in [4.78, 5) is 3.78. The van der Waals surface area contributed by atoms with E-state index in [4.69, 9.17) is 11.6 Å². The van der Waals surface area contributed by atoms with Gasteiger partial charge in [0.25, 0.3) is 0 Å². The Bertz CT molecular complexity index is 241. The van der Waals surface area contributed by atoms with Crippen LogP contribution < -0.4 is 0 Å². The number of rotatable bonds is 1. The van der Waals surface area contributed by atoms with Gasteiger partial charge in [-0.25, -0.2) is 4.39 Å². The average molecular weight is 271 g/mol. The Labute approximate surface area is 76.7 Å². The van der Waals surface area contributed by atoms with Crippen LogP contribution in [0.2, 0.25) is 0 Å². The number of nitrogens with zero attached hydrogens (tertiary/aromatic N) is 1. The van der Waals surface area contributed by atoms with Crippen molar-refractivity contribution in [1.29, 1.82) is 0 Å². The molecule has 0 atom stereocenters. The van der Waals surface area contributed by atoms with Gasteiger partial charge >= 0.3 is 0 Å². The van der Waals surface area contributed by atoms with Crippen LogP contribution in [0.15, 0.2) is 12.4 Å². The average Bonchev–Trinajstić information content (AvgIpc) is 1.95. The lowest BCUT2D eigenvalue weighted by atomic mass is 10.3. The van der Waals surface area contributed by atoms with Gasteiger partial charge in [-0.15, -0.1) is 11.6 Å². The Morgan fingerprint density at radius 3 is 2.80 bits per heavy atom. The summed E-state index contributed by atoms with van der Waals surface area (Å²) < 4.78 is 13.4. The SMILES string of the molecule is Fc1c(I)cncc1CCl. The molecule has 0 unspecified atom stereocenters. The lowest BCUT2D eigenvalue weighted by Gasteiger charge is -1.97. The lowest BCUT2D eigenvalue weighted by molar-refractivity contribution is 0.606. The minimum Gasteiger partial charge on any atom is -0.263 e. The van der Waals surface area contributed by atoms with Gasteiger partial charge in [-0.2, -0.15) is 0 Å². The summed E-state index contributed by atoms with van der Waals surface area (Å²) in [5.74, 6) is -0.0824. The number of pyridine rings is 1. The quantitative estimate of drug-likeness (QED) is 0.565. The van der Waals surface area contributed by atoms with Gasteiger partial charge in [-0.05, 0) is 22.6 Å². The van der Waals surface area contributed by atoms with Gasteiger partial charge in [0, 0.05) is 18.0 Å². The molecule has 0 amide bonds. The van der Waals surface area contributed by atoms with E-state index in [-0.39, 0.29) is 11.7 Å². The first kappa shape index (κ1) is 8.20. The standard InChI is InChI=1S/C6H4ClFIN/c7-1-4-2-10-3-5(9)6(4)8/h2-3H,1H2. The highest BCUT2D eigenvalue weighted by Gasteiger charge is 2.03. The molecular weight excluding hydrogens is 267 g/mol. The lowest BCUT2D eigenvalue weighted by Crippen LogP contribution is -1.91. The molecule has 1 heterocycles. The molecule has 0 aromatic carbocycles. The summed E-state index contributed by atoms with van der Waals surface area (Å²) in [6, 6.07) is 0. The Morgan fingerprint density at radius 2 is 2.30 bits per heavy atom. The minimum atomic E-state index is -0.259. The van der Waals surface area contributed by atoms with E-state index in [1.807, 2.05) is 22.6 Å². The molecule has 0 bridgehead atoms. The van der Waals surface area contributed by atoms with E-state index >= 15 is 0 Å². The number of halogens is 3. The summed E-state index contributed by atoms with van der Waals surface area (Å²) >= 11 is 7.30. The molecule has 0 spiro atoms. The fraction of sp³-hybridized carbons (Fsp3) is 0.167. The molecule has 10 heavy (non-hydrogen) atoms. The van der Waals surface area contributed by atoms with E-state index in [0.29, 0.717) is 9.13 Å². The first-order valence-corrected chi connectivity index (χ1v) is 4.21. The van der Waals surface area contributed by atoms with Crippen LogP contribution >= 0.6 is 34.2 Å². The summed E-state index contributed by atoms with van der Waals surface area (Å²) in [6.07, 6.45) is 2.90. The molecule has 1 rings (SSSR count). The zero-order valence-electron chi connectivity index (χ0n) is 4.94. The third-order valence-corrected chi connectivity index (χ3v) is 2.09. The second-order valence-electron chi connectivity index (χ2n) is 1.73. The molecular formula is C6H4ClFIN.